The number of aromatic hydroxyl groups is 1. The summed E-state index contributed by atoms with van der Waals surface area (Å²) in [5, 5.41) is 17.2. The lowest BCUT2D eigenvalue weighted by molar-refractivity contribution is 0.477. The zero-order valence-electron chi connectivity index (χ0n) is 7.68. The number of nitrogens with two attached hydrogens (primary N) is 1. The van der Waals surface area contributed by atoms with Gasteiger partial charge in [0.1, 0.15) is 5.75 Å². The van der Waals surface area contributed by atoms with Crippen molar-refractivity contribution in [2.24, 2.45) is 0 Å². The van der Waals surface area contributed by atoms with Gasteiger partial charge < -0.3 is 10.8 Å². The highest BCUT2D eigenvalue weighted by atomic mass is 35.5. The number of phenolic OH excluding ortho intramolecular Hbond substituents is 1. The summed E-state index contributed by atoms with van der Waals surface area (Å²) in [5.74, 6) is 0.370. The topological polar surface area (TPSA) is 72.0 Å². The van der Waals surface area contributed by atoms with E-state index in [1.165, 1.54) is 0 Å². The van der Waals surface area contributed by atoms with Gasteiger partial charge in [-0.05, 0) is 12.1 Å². The van der Waals surface area contributed by atoms with Gasteiger partial charge in [-0.25, -0.2) is 0 Å². The molecular formula is C10H8ClN3O. The van der Waals surface area contributed by atoms with Crippen molar-refractivity contribution in [3.63, 3.8) is 0 Å². The fourth-order valence-electron chi connectivity index (χ4n) is 1.29. The number of rotatable bonds is 1. The van der Waals surface area contributed by atoms with Crippen LogP contribution in [0.1, 0.15) is 0 Å². The molecule has 76 valence electrons. The Bertz CT molecular complexity index is 502. The molecule has 1 aromatic heterocycles. The Kier molecular flexibility index (Phi) is 2.43. The van der Waals surface area contributed by atoms with Gasteiger partial charge in [-0.2, -0.15) is 0 Å². The van der Waals surface area contributed by atoms with Gasteiger partial charge >= 0.3 is 0 Å². The van der Waals surface area contributed by atoms with Crippen LogP contribution in [0.3, 0.4) is 0 Å². The van der Waals surface area contributed by atoms with E-state index >= 15 is 0 Å². The molecule has 2 aromatic rings. The third-order valence-corrected chi connectivity index (χ3v) is 2.17. The molecule has 0 spiro atoms. The second-order valence-corrected chi connectivity index (χ2v) is 3.37. The minimum Gasteiger partial charge on any atom is -0.507 e. The number of para-hydroxylation sites is 1. The SMILES string of the molecule is Nc1nnc(Cl)cc1-c1ccccc1O. The number of halogens is 1. The first kappa shape index (κ1) is 9.73. The Morgan fingerprint density at radius 3 is 2.60 bits per heavy atom. The lowest BCUT2D eigenvalue weighted by Gasteiger charge is -2.06. The molecule has 4 nitrogen and oxygen atoms in total. The van der Waals surface area contributed by atoms with Gasteiger partial charge in [0.05, 0.1) is 0 Å². The highest BCUT2D eigenvalue weighted by Crippen LogP contribution is 2.32. The molecule has 5 heteroatoms. The van der Waals surface area contributed by atoms with Crippen LogP contribution < -0.4 is 5.73 Å². The molecule has 3 N–H and O–H groups in total. The third kappa shape index (κ3) is 1.85. The maximum absolute atomic E-state index is 9.63. The number of hydrogen-bond acceptors (Lipinski definition) is 4. The van der Waals surface area contributed by atoms with E-state index in [-0.39, 0.29) is 16.7 Å². The number of hydrogen-bond donors (Lipinski definition) is 2. The smallest absolute Gasteiger partial charge is 0.154 e. The van der Waals surface area contributed by atoms with Crippen LogP contribution >= 0.6 is 11.6 Å². The van der Waals surface area contributed by atoms with Crippen LogP contribution in [-0.4, -0.2) is 15.3 Å². The highest BCUT2D eigenvalue weighted by Gasteiger charge is 2.09. The summed E-state index contributed by atoms with van der Waals surface area (Å²) < 4.78 is 0. The fraction of sp³-hybridized carbons (Fsp3) is 0. The number of nitrogen functional groups attached to an aromatic ring is 1. The molecule has 0 fully saturated rings. The molecule has 0 unspecified atom stereocenters. The largest absolute Gasteiger partial charge is 0.507 e. The van der Waals surface area contributed by atoms with Crippen molar-refractivity contribution < 1.29 is 5.11 Å². The average molecular weight is 222 g/mol. The number of anilines is 1. The summed E-state index contributed by atoms with van der Waals surface area (Å²) in [4.78, 5) is 0. The average Bonchev–Trinajstić information content (AvgIpc) is 2.23. The van der Waals surface area contributed by atoms with Gasteiger partial charge in [-0.3, -0.25) is 0 Å². The second-order valence-electron chi connectivity index (χ2n) is 2.98. The van der Waals surface area contributed by atoms with Crippen molar-refractivity contribution in [3.8, 4) is 16.9 Å². The molecule has 0 aliphatic carbocycles. The lowest BCUT2D eigenvalue weighted by atomic mass is 10.1. The quantitative estimate of drug-likeness (QED) is 0.774. The highest BCUT2D eigenvalue weighted by molar-refractivity contribution is 6.29. The van der Waals surface area contributed by atoms with Crippen molar-refractivity contribution in [1.82, 2.24) is 10.2 Å². The first-order valence-electron chi connectivity index (χ1n) is 4.25. The van der Waals surface area contributed by atoms with Crippen LogP contribution in [0.15, 0.2) is 30.3 Å². The molecule has 0 aliphatic rings. The molecule has 0 saturated carbocycles. The molecular weight excluding hydrogens is 214 g/mol. The maximum atomic E-state index is 9.63. The van der Waals surface area contributed by atoms with Crippen LogP contribution in [0.25, 0.3) is 11.1 Å². The van der Waals surface area contributed by atoms with E-state index < -0.39 is 0 Å². The normalized spacial score (nSPS) is 10.2. The number of nitrogens with zero attached hydrogens (tertiary/aromatic N) is 2. The van der Waals surface area contributed by atoms with Crippen LogP contribution in [0.4, 0.5) is 5.82 Å². The van der Waals surface area contributed by atoms with E-state index in [1.54, 1.807) is 30.3 Å². The van der Waals surface area contributed by atoms with Crippen LogP contribution in [0.2, 0.25) is 5.15 Å². The minimum absolute atomic E-state index is 0.133. The second kappa shape index (κ2) is 3.74. The zero-order valence-corrected chi connectivity index (χ0v) is 8.44. The molecule has 15 heavy (non-hydrogen) atoms. The van der Waals surface area contributed by atoms with Gasteiger partial charge in [0.25, 0.3) is 0 Å². The monoisotopic (exact) mass is 221 g/mol. The Morgan fingerprint density at radius 2 is 1.87 bits per heavy atom. The Morgan fingerprint density at radius 1 is 1.13 bits per heavy atom. The summed E-state index contributed by atoms with van der Waals surface area (Å²) in [5.41, 5.74) is 6.81. The summed E-state index contributed by atoms with van der Waals surface area (Å²) in [6.45, 7) is 0. The third-order valence-electron chi connectivity index (χ3n) is 1.99. The molecule has 0 atom stereocenters. The molecule has 2 rings (SSSR count). The van der Waals surface area contributed by atoms with Gasteiger partial charge in [0.2, 0.25) is 0 Å². The lowest BCUT2D eigenvalue weighted by Crippen LogP contribution is -1.96. The summed E-state index contributed by atoms with van der Waals surface area (Å²) in [6.07, 6.45) is 0. The van der Waals surface area contributed by atoms with Gasteiger partial charge in [0.15, 0.2) is 11.0 Å². The van der Waals surface area contributed by atoms with Crippen LogP contribution in [-0.2, 0) is 0 Å². The number of aromatic nitrogens is 2. The van der Waals surface area contributed by atoms with E-state index in [4.69, 9.17) is 17.3 Å². The standard InChI is InChI=1S/C10H8ClN3O/c11-9-5-7(10(12)14-13-9)6-3-1-2-4-8(6)15/h1-5,15H,(H2,12,14). The Balaban J connectivity index is 2.64. The minimum atomic E-state index is 0.133. The van der Waals surface area contributed by atoms with E-state index in [2.05, 4.69) is 10.2 Å². The predicted octanol–water partition coefficient (Wildman–Crippen LogP) is 2.08. The predicted molar refractivity (Wildman–Crippen MR) is 58.6 cm³/mol. The molecule has 0 aliphatic heterocycles. The first-order chi connectivity index (χ1) is 7.18. The fourth-order valence-corrected chi connectivity index (χ4v) is 1.44. The Hall–Kier alpha value is -1.81. The summed E-state index contributed by atoms with van der Waals surface area (Å²) in [6, 6.07) is 8.40. The van der Waals surface area contributed by atoms with Crippen molar-refractivity contribution in [2.45, 2.75) is 0 Å². The maximum Gasteiger partial charge on any atom is 0.154 e. The molecule has 0 saturated heterocycles. The number of benzene rings is 1. The van der Waals surface area contributed by atoms with Gasteiger partial charge in [0, 0.05) is 11.1 Å². The van der Waals surface area contributed by atoms with E-state index in [0.717, 1.165) is 0 Å². The van der Waals surface area contributed by atoms with Crippen molar-refractivity contribution >= 4 is 17.4 Å². The van der Waals surface area contributed by atoms with E-state index in [1.807, 2.05) is 0 Å². The molecule has 1 aromatic carbocycles. The van der Waals surface area contributed by atoms with Crippen LogP contribution in [0.5, 0.6) is 5.75 Å². The van der Waals surface area contributed by atoms with Crippen molar-refractivity contribution in [1.29, 1.82) is 0 Å². The molecule has 1 heterocycles. The van der Waals surface area contributed by atoms with Crippen LogP contribution in [0, 0.1) is 0 Å². The van der Waals surface area contributed by atoms with Gasteiger partial charge in [-0.15, -0.1) is 10.2 Å². The molecule has 0 amide bonds. The van der Waals surface area contributed by atoms with Crippen molar-refractivity contribution in [2.75, 3.05) is 5.73 Å². The Labute approximate surface area is 91.3 Å². The van der Waals surface area contributed by atoms with E-state index in [0.29, 0.717) is 11.1 Å². The summed E-state index contributed by atoms with van der Waals surface area (Å²) in [7, 11) is 0. The van der Waals surface area contributed by atoms with E-state index in [9.17, 15) is 5.11 Å². The van der Waals surface area contributed by atoms with Gasteiger partial charge in [-0.1, -0.05) is 29.8 Å². The zero-order chi connectivity index (χ0) is 10.8. The summed E-state index contributed by atoms with van der Waals surface area (Å²) >= 11 is 5.71. The molecule has 0 radical (unpaired) electrons. The number of phenols is 1. The van der Waals surface area contributed by atoms with Crippen molar-refractivity contribution in [3.05, 3.63) is 35.5 Å². The first-order valence-corrected chi connectivity index (χ1v) is 4.63. The molecule has 0 bridgehead atoms.